The van der Waals surface area contributed by atoms with E-state index in [0.717, 1.165) is 3.57 Å². The lowest BCUT2D eigenvalue weighted by molar-refractivity contribution is 0.0600. The van der Waals surface area contributed by atoms with Crippen LogP contribution in [-0.2, 0) is 4.74 Å². The Hall–Kier alpha value is -2.09. The molecule has 0 aromatic heterocycles. The first kappa shape index (κ1) is 16.3. The van der Waals surface area contributed by atoms with Crippen molar-refractivity contribution in [2.75, 3.05) is 14.2 Å². The molecule has 0 fully saturated rings. The average Bonchev–Trinajstić information content (AvgIpc) is 2.54. The molecule has 0 aliphatic carbocycles. The first-order valence-corrected chi connectivity index (χ1v) is 7.37. The molecular formula is C16H13IO5. The second-order valence-corrected chi connectivity index (χ2v) is 5.42. The van der Waals surface area contributed by atoms with E-state index in [0.29, 0.717) is 22.6 Å². The largest absolute Gasteiger partial charge is 0.496 e. The van der Waals surface area contributed by atoms with E-state index in [4.69, 9.17) is 9.47 Å². The normalized spacial score (nSPS) is 9.95. The van der Waals surface area contributed by atoms with Crippen molar-refractivity contribution in [3.63, 3.8) is 0 Å². The third-order valence-corrected chi connectivity index (χ3v) is 3.72. The molecule has 0 saturated carbocycles. The molecule has 22 heavy (non-hydrogen) atoms. The van der Waals surface area contributed by atoms with E-state index in [-0.39, 0.29) is 0 Å². The number of hydrogen-bond acceptors (Lipinski definition) is 5. The van der Waals surface area contributed by atoms with E-state index in [1.807, 2.05) is 0 Å². The van der Waals surface area contributed by atoms with Gasteiger partial charge in [-0.05, 0) is 65.1 Å². The third kappa shape index (κ3) is 3.76. The zero-order valence-electron chi connectivity index (χ0n) is 12.0. The van der Waals surface area contributed by atoms with Crippen LogP contribution in [0.4, 0.5) is 0 Å². The van der Waals surface area contributed by atoms with Crippen LogP contribution in [0.2, 0.25) is 0 Å². The summed E-state index contributed by atoms with van der Waals surface area (Å²) >= 11 is 2.08. The summed E-state index contributed by atoms with van der Waals surface area (Å²) < 4.78 is 15.8. The predicted molar refractivity (Wildman–Crippen MR) is 88.5 cm³/mol. The molecule has 2 rings (SSSR count). The van der Waals surface area contributed by atoms with Crippen molar-refractivity contribution in [3.8, 4) is 11.5 Å². The summed E-state index contributed by atoms with van der Waals surface area (Å²) in [7, 11) is 2.87. The highest BCUT2D eigenvalue weighted by atomic mass is 127. The van der Waals surface area contributed by atoms with E-state index in [1.54, 1.807) is 37.4 Å². The van der Waals surface area contributed by atoms with Crippen LogP contribution < -0.4 is 9.47 Å². The van der Waals surface area contributed by atoms with E-state index in [1.165, 1.54) is 19.2 Å². The molecule has 0 heterocycles. The first-order valence-electron chi connectivity index (χ1n) is 6.29. The van der Waals surface area contributed by atoms with Gasteiger partial charge in [0, 0.05) is 0 Å². The Bertz CT molecular complexity index is 694. The minimum absolute atomic E-state index is 0.350. The molecule has 0 aliphatic rings. The van der Waals surface area contributed by atoms with Crippen LogP contribution in [0.5, 0.6) is 11.5 Å². The molecule has 0 radical (unpaired) electrons. The standard InChI is InChI=1S/C16H13IO5/c1-20-14-8-5-11(9-13(14)17)16(19)22-12-6-3-10(4-7-12)15(18)21-2/h3-9H,1-2H3. The van der Waals surface area contributed by atoms with Crippen molar-refractivity contribution in [2.45, 2.75) is 0 Å². The zero-order chi connectivity index (χ0) is 16.1. The molecule has 6 heteroatoms. The molecule has 0 unspecified atom stereocenters. The van der Waals surface area contributed by atoms with E-state index in [2.05, 4.69) is 27.3 Å². The molecule has 2 aromatic rings. The molecule has 0 bridgehead atoms. The van der Waals surface area contributed by atoms with Gasteiger partial charge in [-0.2, -0.15) is 0 Å². The van der Waals surface area contributed by atoms with Gasteiger partial charge in [0.15, 0.2) is 0 Å². The number of halogens is 1. The van der Waals surface area contributed by atoms with Crippen molar-refractivity contribution < 1.29 is 23.8 Å². The number of hydrogen-bond donors (Lipinski definition) is 0. The second-order valence-electron chi connectivity index (χ2n) is 4.25. The zero-order valence-corrected chi connectivity index (χ0v) is 14.1. The van der Waals surface area contributed by atoms with Gasteiger partial charge in [-0.15, -0.1) is 0 Å². The molecule has 0 saturated heterocycles. The van der Waals surface area contributed by atoms with E-state index < -0.39 is 11.9 Å². The predicted octanol–water partition coefficient (Wildman–Crippen LogP) is 3.31. The van der Waals surface area contributed by atoms with Gasteiger partial charge in [0.05, 0.1) is 28.9 Å². The molecule has 0 N–H and O–H groups in total. The van der Waals surface area contributed by atoms with Crippen molar-refractivity contribution in [1.29, 1.82) is 0 Å². The summed E-state index contributed by atoms with van der Waals surface area (Å²) in [5, 5.41) is 0. The Morgan fingerprint density at radius 2 is 1.55 bits per heavy atom. The summed E-state index contributed by atoms with van der Waals surface area (Å²) in [4.78, 5) is 23.4. The van der Waals surface area contributed by atoms with E-state index >= 15 is 0 Å². The minimum atomic E-state index is -0.480. The maximum Gasteiger partial charge on any atom is 0.343 e. The number of methoxy groups -OCH3 is 2. The lowest BCUT2D eigenvalue weighted by Gasteiger charge is -2.07. The number of carbonyl (C=O) groups is 2. The molecular weight excluding hydrogens is 399 g/mol. The van der Waals surface area contributed by atoms with Crippen LogP contribution in [0.15, 0.2) is 42.5 Å². The average molecular weight is 412 g/mol. The number of rotatable bonds is 4. The summed E-state index contributed by atoms with van der Waals surface area (Å²) in [6.45, 7) is 0. The van der Waals surface area contributed by atoms with Crippen molar-refractivity contribution in [1.82, 2.24) is 0 Å². The van der Waals surface area contributed by atoms with E-state index in [9.17, 15) is 9.59 Å². The SMILES string of the molecule is COC(=O)c1ccc(OC(=O)c2ccc(OC)c(I)c2)cc1. The molecule has 0 aliphatic heterocycles. The van der Waals surface area contributed by atoms with Crippen molar-refractivity contribution in [3.05, 3.63) is 57.2 Å². The van der Waals surface area contributed by atoms with Gasteiger partial charge in [0.25, 0.3) is 0 Å². The lowest BCUT2D eigenvalue weighted by atomic mass is 10.2. The molecule has 5 nitrogen and oxygen atoms in total. The number of carbonyl (C=O) groups excluding carboxylic acids is 2. The van der Waals surface area contributed by atoms with Crippen LogP contribution >= 0.6 is 22.6 Å². The molecule has 0 atom stereocenters. The summed E-state index contributed by atoms with van der Waals surface area (Å²) in [6, 6.07) is 11.2. The van der Waals surface area contributed by atoms with Gasteiger partial charge in [-0.3, -0.25) is 0 Å². The monoisotopic (exact) mass is 412 g/mol. The molecule has 2 aromatic carbocycles. The van der Waals surface area contributed by atoms with Crippen LogP contribution in [-0.4, -0.2) is 26.2 Å². The molecule has 0 amide bonds. The maximum atomic E-state index is 12.1. The highest BCUT2D eigenvalue weighted by Crippen LogP contribution is 2.22. The Labute approximate surface area is 141 Å². The van der Waals surface area contributed by atoms with Gasteiger partial charge < -0.3 is 14.2 Å². The third-order valence-electron chi connectivity index (χ3n) is 2.87. The highest BCUT2D eigenvalue weighted by molar-refractivity contribution is 14.1. The summed E-state index contributed by atoms with van der Waals surface area (Å²) in [6.07, 6.45) is 0. The van der Waals surface area contributed by atoms with Crippen molar-refractivity contribution in [2.24, 2.45) is 0 Å². The van der Waals surface area contributed by atoms with Gasteiger partial charge in [0.1, 0.15) is 11.5 Å². The number of ether oxygens (including phenoxy) is 3. The maximum absolute atomic E-state index is 12.1. The Balaban J connectivity index is 2.11. The smallest absolute Gasteiger partial charge is 0.343 e. The summed E-state index contributed by atoms with van der Waals surface area (Å²) in [5.74, 6) is 0.122. The van der Waals surface area contributed by atoms with Crippen LogP contribution in [0.25, 0.3) is 0 Å². The van der Waals surface area contributed by atoms with Crippen LogP contribution in [0.1, 0.15) is 20.7 Å². The van der Waals surface area contributed by atoms with Crippen LogP contribution in [0, 0.1) is 3.57 Å². The lowest BCUT2D eigenvalue weighted by Crippen LogP contribution is -2.09. The molecule has 114 valence electrons. The van der Waals surface area contributed by atoms with Gasteiger partial charge in [-0.25, -0.2) is 9.59 Å². The fraction of sp³-hybridized carbons (Fsp3) is 0.125. The second kappa shape index (κ2) is 7.26. The summed E-state index contributed by atoms with van der Waals surface area (Å²) in [5.41, 5.74) is 0.809. The Morgan fingerprint density at radius 1 is 0.909 bits per heavy atom. The van der Waals surface area contributed by atoms with Gasteiger partial charge in [0.2, 0.25) is 0 Å². The quantitative estimate of drug-likeness (QED) is 0.438. The fourth-order valence-corrected chi connectivity index (χ4v) is 2.47. The van der Waals surface area contributed by atoms with Gasteiger partial charge in [-0.1, -0.05) is 0 Å². The number of esters is 2. The van der Waals surface area contributed by atoms with Crippen molar-refractivity contribution >= 4 is 34.5 Å². The fourth-order valence-electron chi connectivity index (χ4n) is 1.74. The highest BCUT2D eigenvalue weighted by Gasteiger charge is 2.12. The topological polar surface area (TPSA) is 61.8 Å². The first-order chi connectivity index (χ1) is 10.5. The van der Waals surface area contributed by atoms with Gasteiger partial charge >= 0.3 is 11.9 Å². The number of benzene rings is 2. The Kier molecular flexibility index (Phi) is 5.37. The minimum Gasteiger partial charge on any atom is -0.496 e. The van der Waals surface area contributed by atoms with Crippen LogP contribution in [0.3, 0.4) is 0 Å². The molecule has 0 spiro atoms. The Morgan fingerprint density at radius 3 is 2.09 bits per heavy atom.